The fourth-order valence-electron chi connectivity index (χ4n) is 2.41. The molecule has 1 aromatic rings. The van der Waals surface area contributed by atoms with Gasteiger partial charge < -0.3 is 0 Å². The highest BCUT2D eigenvalue weighted by Crippen LogP contribution is 2.37. The molecule has 1 fully saturated rings. The second kappa shape index (κ2) is 5.30. The molecule has 1 unspecified atom stereocenters. The minimum Gasteiger partial charge on any atom is -0.271 e. The van der Waals surface area contributed by atoms with E-state index in [1.165, 1.54) is 37.0 Å². The molecule has 0 spiro atoms. The Bertz CT molecular complexity index is 307. The predicted molar refractivity (Wildman–Crippen MR) is 66.0 cm³/mol. The summed E-state index contributed by atoms with van der Waals surface area (Å²) in [6.45, 7) is 0. The van der Waals surface area contributed by atoms with E-state index in [1.807, 2.05) is 6.07 Å². The number of nitrogens with one attached hydrogen (secondary N) is 1. The molecule has 15 heavy (non-hydrogen) atoms. The molecule has 1 heterocycles. The van der Waals surface area contributed by atoms with E-state index in [1.54, 1.807) is 11.3 Å². The van der Waals surface area contributed by atoms with E-state index in [-0.39, 0.29) is 0 Å². The van der Waals surface area contributed by atoms with Crippen LogP contribution in [0.4, 0.5) is 0 Å². The van der Waals surface area contributed by atoms with Gasteiger partial charge in [-0.3, -0.25) is 11.3 Å². The summed E-state index contributed by atoms with van der Waals surface area (Å²) >= 11 is 7.59. The van der Waals surface area contributed by atoms with Gasteiger partial charge in [0, 0.05) is 4.88 Å². The third-order valence-electron chi connectivity index (χ3n) is 3.20. The largest absolute Gasteiger partial charge is 0.271 e. The highest BCUT2D eigenvalue weighted by Gasteiger charge is 2.25. The summed E-state index contributed by atoms with van der Waals surface area (Å²) in [7, 11) is 0. The maximum atomic E-state index is 5.95. The molecule has 2 nitrogen and oxygen atoms in total. The number of thiophene rings is 1. The molecule has 1 saturated carbocycles. The molecule has 4 heteroatoms. The van der Waals surface area contributed by atoms with Crippen LogP contribution < -0.4 is 11.3 Å². The summed E-state index contributed by atoms with van der Waals surface area (Å²) in [6.07, 6.45) is 6.61. The van der Waals surface area contributed by atoms with Crippen molar-refractivity contribution >= 4 is 22.9 Å². The zero-order valence-electron chi connectivity index (χ0n) is 8.71. The monoisotopic (exact) mass is 244 g/mol. The zero-order chi connectivity index (χ0) is 10.7. The molecule has 1 atom stereocenters. The molecular formula is C11H17ClN2S. The van der Waals surface area contributed by atoms with Crippen LogP contribution in [-0.2, 0) is 0 Å². The summed E-state index contributed by atoms with van der Waals surface area (Å²) in [5.41, 5.74) is 2.95. The first-order chi connectivity index (χ1) is 7.31. The predicted octanol–water partition coefficient (Wildman–Crippen LogP) is 3.49. The van der Waals surface area contributed by atoms with E-state index in [4.69, 9.17) is 17.4 Å². The Labute approximate surface area is 99.8 Å². The van der Waals surface area contributed by atoms with Crippen LogP contribution in [0.1, 0.15) is 43.0 Å². The zero-order valence-corrected chi connectivity index (χ0v) is 10.3. The summed E-state index contributed by atoms with van der Waals surface area (Å²) in [5, 5.41) is 0. The fraction of sp³-hybridized carbons (Fsp3) is 0.636. The minimum atomic E-state index is 0.294. The molecule has 0 aliphatic heterocycles. The first-order valence-electron chi connectivity index (χ1n) is 5.52. The van der Waals surface area contributed by atoms with Crippen molar-refractivity contribution in [3.63, 3.8) is 0 Å². The van der Waals surface area contributed by atoms with Gasteiger partial charge in [0.05, 0.1) is 10.4 Å². The van der Waals surface area contributed by atoms with Gasteiger partial charge >= 0.3 is 0 Å². The van der Waals surface area contributed by atoms with Gasteiger partial charge in [-0.1, -0.05) is 30.9 Å². The van der Waals surface area contributed by atoms with E-state index in [9.17, 15) is 0 Å². The summed E-state index contributed by atoms with van der Waals surface area (Å²) in [4.78, 5) is 1.27. The molecule has 0 saturated heterocycles. The lowest BCUT2D eigenvalue weighted by atomic mass is 9.83. The van der Waals surface area contributed by atoms with Gasteiger partial charge in [0.1, 0.15) is 0 Å². The fourth-order valence-corrected chi connectivity index (χ4v) is 3.63. The number of halogens is 1. The standard InChI is InChI=1S/C11H17ClN2S/c12-10-7-6-9(15-10)11(14-13)8-4-2-1-3-5-8/h6-8,11,14H,1-5,13H2. The first-order valence-corrected chi connectivity index (χ1v) is 6.72. The highest BCUT2D eigenvalue weighted by atomic mass is 35.5. The maximum Gasteiger partial charge on any atom is 0.0931 e. The number of hydrazine groups is 1. The first kappa shape index (κ1) is 11.4. The van der Waals surface area contributed by atoms with Crippen LogP contribution in [-0.4, -0.2) is 0 Å². The topological polar surface area (TPSA) is 38.0 Å². The number of nitrogens with two attached hydrogens (primary N) is 1. The lowest BCUT2D eigenvalue weighted by molar-refractivity contribution is 0.276. The smallest absolute Gasteiger partial charge is 0.0931 e. The SMILES string of the molecule is NNC(c1ccc(Cl)s1)C1CCCCC1. The Balaban J connectivity index is 2.08. The normalized spacial score (nSPS) is 20.4. The van der Waals surface area contributed by atoms with Crippen molar-refractivity contribution in [2.45, 2.75) is 38.1 Å². The van der Waals surface area contributed by atoms with Crippen molar-refractivity contribution in [2.24, 2.45) is 11.8 Å². The maximum absolute atomic E-state index is 5.95. The minimum absolute atomic E-state index is 0.294. The van der Waals surface area contributed by atoms with Gasteiger partial charge in [0.2, 0.25) is 0 Å². The van der Waals surface area contributed by atoms with E-state index >= 15 is 0 Å². The Morgan fingerprint density at radius 1 is 1.33 bits per heavy atom. The second-order valence-electron chi connectivity index (χ2n) is 4.18. The molecule has 1 aromatic heterocycles. The van der Waals surface area contributed by atoms with Crippen molar-refractivity contribution in [1.29, 1.82) is 0 Å². The quantitative estimate of drug-likeness (QED) is 0.631. The lowest BCUT2D eigenvalue weighted by Gasteiger charge is -2.28. The van der Waals surface area contributed by atoms with Crippen molar-refractivity contribution < 1.29 is 0 Å². The molecule has 1 aliphatic carbocycles. The van der Waals surface area contributed by atoms with Crippen LogP contribution in [0.5, 0.6) is 0 Å². The van der Waals surface area contributed by atoms with Crippen LogP contribution in [0.2, 0.25) is 4.34 Å². The Hall–Kier alpha value is -0.0900. The Morgan fingerprint density at radius 2 is 2.07 bits per heavy atom. The van der Waals surface area contributed by atoms with E-state index in [0.29, 0.717) is 12.0 Å². The van der Waals surface area contributed by atoms with Crippen LogP contribution >= 0.6 is 22.9 Å². The molecule has 0 radical (unpaired) electrons. The molecule has 0 amide bonds. The molecule has 84 valence electrons. The van der Waals surface area contributed by atoms with Crippen LogP contribution in [0.15, 0.2) is 12.1 Å². The number of rotatable bonds is 3. The molecule has 2 rings (SSSR count). The highest BCUT2D eigenvalue weighted by molar-refractivity contribution is 7.16. The molecular weight excluding hydrogens is 228 g/mol. The summed E-state index contributed by atoms with van der Waals surface area (Å²) in [6, 6.07) is 4.34. The van der Waals surface area contributed by atoms with Crippen LogP contribution in [0.3, 0.4) is 0 Å². The van der Waals surface area contributed by atoms with E-state index in [2.05, 4.69) is 11.5 Å². The third kappa shape index (κ3) is 2.72. The van der Waals surface area contributed by atoms with Crippen molar-refractivity contribution in [3.8, 4) is 0 Å². The van der Waals surface area contributed by atoms with Crippen molar-refractivity contribution in [3.05, 3.63) is 21.3 Å². The second-order valence-corrected chi connectivity index (χ2v) is 5.93. The molecule has 0 aromatic carbocycles. The van der Waals surface area contributed by atoms with Gasteiger partial charge in [-0.05, 0) is 30.9 Å². The Kier molecular flexibility index (Phi) is 4.03. The summed E-state index contributed by atoms with van der Waals surface area (Å²) < 4.78 is 0.848. The van der Waals surface area contributed by atoms with Gasteiger partial charge in [-0.15, -0.1) is 11.3 Å². The average molecular weight is 245 g/mol. The van der Waals surface area contributed by atoms with Gasteiger partial charge in [0.25, 0.3) is 0 Å². The van der Waals surface area contributed by atoms with Gasteiger partial charge in [-0.2, -0.15) is 0 Å². The number of hydrogen-bond donors (Lipinski definition) is 2. The van der Waals surface area contributed by atoms with Gasteiger partial charge in [-0.25, -0.2) is 0 Å². The number of hydrogen-bond acceptors (Lipinski definition) is 3. The van der Waals surface area contributed by atoms with Crippen molar-refractivity contribution in [1.82, 2.24) is 5.43 Å². The Morgan fingerprint density at radius 3 is 2.60 bits per heavy atom. The lowest BCUT2D eigenvalue weighted by Crippen LogP contribution is -2.33. The van der Waals surface area contributed by atoms with Gasteiger partial charge in [0.15, 0.2) is 0 Å². The van der Waals surface area contributed by atoms with E-state index in [0.717, 1.165) is 4.34 Å². The molecule has 3 N–H and O–H groups in total. The average Bonchev–Trinajstić information content (AvgIpc) is 2.68. The van der Waals surface area contributed by atoms with Crippen molar-refractivity contribution in [2.75, 3.05) is 0 Å². The van der Waals surface area contributed by atoms with Crippen LogP contribution in [0, 0.1) is 5.92 Å². The third-order valence-corrected chi connectivity index (χ3v) is 4.52. The van der Waals surface area contributed by atoms with Crippen LogP contribution in [0.25, 0.3) is 0 Å². The molecule has 0 bridgehead atoms. The van der Waals surface area contributed by atoms with E-state index < -0.39 is 0 Å². The molecule has 1 aliphatic rings. The summed E-state index contributed by atoms with van der Waals surface area (Å²) in [5.74, 6) is 6.34.